The Labute approximate surface area is 158 Å². The van der Waals surface area contributed by atoms with Gasteiger partial charge < -0.3 is 4.74 Å². The smallest absolute Gasteiger partial charge is 0.416 e. The summed E-state index contributed by atoms with van der Waals surface area (Å²) in [5.74, 6) is 1.33. The Kier molecular flexibility index (Phi) is 4.22. The van der Waals surface area contributed by atoms with Crippen molar-refractivity contribution >= 4 is 5.57 Å². The van der Waals surface area contributed by atoms with Crippen LogP contribution in [0.15, 0.2) is 42.2 Å². The van der Waals surface area contributed by atoms with E-state index in [4.69, 9.17) is 4.74 Å². The molecule has 0 heterocycles. The molecule has 0 spiro atoms. The Morgan fingerprint density at radius 2 is 1.96 bits per heavy atom. The Balaban J connectivity index is 1.88. The van der Waals surface area contributed by atoms with Gasteiger partial charge in [0.05, 0.1) is 23.1 Å². The van der Waals surface area contributed by atoms with Crippen molar-refractivity contribution in [3.05, 3.63) is 53.3 Å². The summed E-state index contributed by atoms with van der Waals surface area (Å²) in [7, 11) is 4.05. The summed E-state index contributed by atoms with van der Waals surface area (Å²) in [6.07, 6.45) is 4.43. The number of benzene rings is 1. The molecule has 0 radical (unpaired) electrons. The summed E-state index contributed by atoms with van der Waals surface area (Å²) in [6, 6.07) is 5.77. The monoisotopic (exact) mass is 377 g/mol. The fourth-order valence-corrected chi connectivity index (χ4v) is 5.61. The first-order chi connectivity index (χ1) is 12.8. The molecule has 1 fully saturated rings. The summed E-state index contributed by atoms with van der Waals surface area (Å²) < 4.78 is 45.9. The molecule has 0 N–H and O–H groups in total. The van der Waals surface area contributed by atoms with Crippen LogP contribution in [0.5, 0.6) is 0 Å². The summed E-state index contributed by atoms with van der Waals surface area (Å²) in [4.78, 5) is 2.17. The van der Waals surface area contributed by atoms with Gasteiger partial charge >= 0.3 is 6.18 Å². The Morgan fingerprint density at radius 1 is 1.19 bits per heavy atom. The van der Waals surface area contributed by atoms with Crippen molar-refractivity contribution in [2.24, 2.45) is 11.3 Å². The van der Waals surface area contributed by atoms with E-state index < -0.39 is 17.3 Å². The van der Waals surface area contributed by atoms with E-state index in [-0.39, 0.29) is 5.41 Å². The van der Waals surface area contributed by atoms with Crippen LogP contribution in [0.2, 0.25) is 0 Å². The standard InChI is InChI=1S/C22H26F3NO/c1-4-27-19-14-21(26(2)3)17(13-20(19)11-6-5-10-18(20)21)15-8-7-9-16(12-15)22(23,24)25/h7-9,12-14,18H,4-6,10-11H2,1-3H3/t18-,20-,21-/m1/s1. The van der Waals surface area contributed by atoms with Crippen molar-refractivity contribution in [3.8, 4) is 0 Å². The molecule has 3 aliphatic carbocycles. The van der Waals surface area contributed by atoms with Gasteiger partial charge in [-0.05, 0) is 63.2 Å². The highest BCUT2D eigenvalue weighted by atomic mass is 19.4. The number of nitrogens with zero attached hydrogens (tertiary/aromatic N) is 1. The maximum absolute atomic E-state index is 13.3. The Bertz CT molecular complexity index is 810. The van der Waals surface area contributed by atoms with Gasteiger partial charge in [0.2, 0.25) is 0 Å². The molecule has 2 nitrogen and oxygen atoms in total. The van der Waals surface area contributed by atoms with E-state index in [1.165, 1.54) is 12.1 Å². The van der Waals surface area contributed by atoms with Crippen molar-refractivity contribution in [1.82, 2.24) is 4.90 Å². The summed E-state index contributed by atoms with van der Waals surface area (Å²) in [5, 5.41) is 0. The second kappa shape index (κ2) is 6.13. The molecule has 4 rings (SSSR count). The van der Waals surface area contributed by atoms with Crippen LogP contribution in [0, 0.1) is 11.3 Å². The van der Waals surface area contributed by atoms with Crippen molar-refractivity contribution in [2.45, 2.75) is 44.3 Å². The maximum Gasteiger partial charge on any atom is 0.416 e. The van der Waals surface area contributed by atoms with Crippen LogP contribution in [0.3, 0.4) is 0 Å². The third-order valence-corrected chi connectivity index (χ3v) is 6.67. The zero-order valence-electron chi connectivity index (χ0n) is 16.1. The number of likely N-dealkylation sites (N-methyl/N-ethyl adjacent to an activating group) is 1. The van der Waals surface area contributed by atoms with E-state index in [0.717, 1.165) is 43.1 Å². The molecule has 0 saturated heterocycles. The molecule has 2 bridgehead atoms. The van der Waals surface area contributed by atoms with Crippen LogP contribution in [0.25, 0.3) is 5.57 Å². The highest BCUT2D eigenvalue weighted by Gasteiger charge is 2.65. The molecule has 0 unspecified atom stereocenters. The largest absolute Gasteiger partial charge is 0.498 e. The average molecular weight is 377 g/mol. The number of alkyl halides is 3. The normalized spacial score (nSPS) is 32.3. The first kappa shape index (κ1) is 18.6. The fourth-order valence-electron chi connectivity index (χ4n) is 5.61. The average Bonchev–Trinajstić information content (AvgIpc) is 3.09. The minimum Gasteiger partial charge on any atom is -0.498 e. The van der Waals surface area contributed by atoms with Gasteiger partial charge in [0.15, 0.2) is 0 Å². The van der Waals surface area contributed by atoms with Gasteiger partial charge in [-0.1, -0.05) is 31.1 Å². The van der Waals surface area contributed by atoms with Crippen LogP contribution >= 0.6 is 0 Å². The molecule has 0 amide bonds. The SMILES string of the molecule is CCOC1=C[C@@]2(N(C)C)C(c3cccc(C(F)(F)F)c3)=C[C@@]13CCCC[C@H]32. The number of hydrogen-bond acceptors (Lipinski definition) is 2. The van der Waals surface area contributed by atoms with E-state index in [9.17, 15) is 13.2 Å². The lowest BCUT2D eigenvalue weighted by atomic mass is 9.67. The molecular formula is C22H26F3NO. The molecule has 1 aromatic carbocycles. The topological polar surface area (TPSA) is 12.5 Å². The highest BCUT2D eigenvalue weighted by Crippen LogP contribution is 2.67. The first-order valence-electron chi connectivity index (χ1n) is 9.70. The summed E-state index contributed by atoms with van der Waals surface area (Å²) in [5.41, 5.74) is 0.483. The van der Waals surface area contributed by atoms with Gasteiger partial charge in [-0.25, -0.2) is 0 Å². The molecule has 27 heavy (non-hydrogen) atoms. The Hall–Kier alpha value is -1.75. The maximum atomic E-state index is 13.3. The molecule has 1 saturated carbocycles. The number of allylic oxidation sites excluding steroid dienone is 1. The van der Waals surface area contributed by atoms with E-state index in [2.05, 4.69) is 17.1 Å². The number of hydrogen-bond donors (Lipinski definition) is 0. The lowest BCUT2D eigenvalue weighted by Crippen LogP contribution is -2.48. The summed E-state index contributed by atoms with van der Waals surface area (Å²) >= 11 is 0. The zero-order chi connectivity index (χ0) is 19.4. The molecule has 0 aromatic heterocycles. The zero-order valence-corrected chi connectivity index (χ0v) is 16.1. The lowest BCUT2D eigenvalue weighted by molar-refractivity contribution is -0.137. The lowest BCUT2D eigenvalue weighted by Gasteiger charge is -2.43. The van der Waals surface area contributed by atoms with Gasteiger partial charge in [0.25, 0.3) is 0 Å². The number of rotatable bonds is 4. The third kappa shape index (κ3) is 2.50. The van der Waals surface area contributed by atoms with Crippen LogP contribution < -0.4 is 0 Å². The van der Waals surface area contributed by atoms with Crippen LogP contribution in [0.4, 0.5) is 13.2 Å². The van der Waals surface area contributed by atoms with E-state index >= 15 is 0 Å². The van der Waals surface area contributed by atoms with Gasteiger partial charge in [-0.15, -0.1) is 0 Å². The minimum absolute atomic E-state index is 0.178. The molecule has 5 heteroatoms. The third-order valence-electron chi connectivity index (χ3n) is 6.67. The number of halogens is 3. The van der Waals surface area contributed by atoms with Gasteiger partial charge in [-0.3, -0.25) is 4.90 Å². The van der Waals surface area contributed by atoms with Crippen molar-refractivity contribution in [2.75, 3.05) is 20.7 Å². The quantitative estimate of drug-likeness (QED) is 0.686. The molecule has 3 atom stereocenters. The van der Waals surface area contributed by atoms with Crippen molar-refractivity contribution < 1.29 is 17.9 Å². The van der Waals surface area contributed by atoms with Gasteiger partial charge in [-0.2, -0.15) is 13.2 Å². The van der Waals surface area contributed by atoms with Crippen LogP contribution in [-0.4, -0.2) is 31.1 Å². The molecular weight excluding hydrogens is 351 g/mol. The first-order valence-corrected chi connectivity index (χ1v) is 9.70. The molecule has 146 valence electrons. The van der Waals surface area contributed by atoms with E-state index in [1.807, 2.05) is 27.1 Å². The van der Waals surface area contributed by atoms with Crippen molar-refractivity contribution in [1.29, 1.82) is 0 Å². The minimum atomic E-state index is -4.34. The second-order valence-corrected chi connectivity index (χ2v) is 8.14. The highest BCUT2D eigenvalue weighted by molar-refractivity contribution is 5.83. The van der Waals surface area contributed by atoms with Crippen molar-refractivity contribution in [3.63, 3.8) is 0 Å². The van der Waals surface area contributed by atoms with E-state index in [1.54, 1.807) is 0 Å². The fraction of sp³-hybridized carbons (Fsp3) is 0.545. The van der Waals surface area contributed by atoms with Gasteiger partial charge in [0, 0.05) is 5.92 Å². The van der Waals surface area contributed by atoms with Crippen LogP contribution in [0.1, 0.15) is 43.7 Å². The number of ether oxygens (including phenoxy) is 1. The predicted molar refractivity (Wildman–Crippen MR) is 99.9 cm³/mol. The molecule has 3 aliphatic rings. The predicted octanol–water partition coefficient (Wildman–Crippen LogP) is 5.51. The summed E-state index contributed by atoms with van der Waals surface area (Å²) in [6.45, 7) is 2.59. The van der Waals surface area contributed by atoms with E-state index in [0.29, 0.717) is 18.1 Å². The molecule has 0 aliphatic heterocycles. The van der Waals surface area contributed by atoms with Gasteiger partial charge in [0.1, 0.15) is 5.76 Å². The van der Waals surface area contributed by atoms with Crippen LogP contribution in [-0.2, 0) is 10.9 Å². The second-order valence-electron chi connectivity index (χ2n) is 8.14. The molecule has 1 aromatic rings. The Morgan fingerprint density at radius 3 is 2.63 bits per heavy atom.